The van der Waals surface area contributed by atoms with Gasteiger partial charge in [0.15, 0.2) is 0 Å². The van der Waals surface area contributed by atoms with E-state index in [0.717, 1.165) is 10.9 Å². The van der Waals surface area contributed by atoms with E-state index in [9.17, 15) is 13.2 Å². The van der Waals surface area contributed by atoms with Gasteiger partial charge in [-0.3, -0.25) is 9.69 Å². The number of sulfonamides is 1. The molecule has 1 amide bonds. The molecule has 1 aliphatic rings. The van der Waals surface area contributed by atoms with Gasteiger partial charge in [0.25, 0.3) is 0 Å². The summed E-state index contributed by atoms with van der Waals surface area (Å²) in [4.78, 5) is 27.5. The molecular weight excluding hydrogens is 570 g/mol. The summed E-state index contributed by atoms with van der Waals surface area (Å²) in [5.41, 5.74) is 6.35. The van der Waals surface area contributed by atoms with Crippen molar-refractivity contribution < 1.29 is 13.2 Å². The summed E-state index contributed by atoms with van der Waals surface area (Å²) in [5, 5.41) is 4.21. The van der Waals surface area contributed by atoms with Crippen LogP contribution in [-0.2, 0) is 21.4 Å². The number of hydrogen-bond donors (Lipinski definition) is 2. The normalized spacial score (nSPS) is 16.4. The number of nitrogens with two attached hydrogens (primary N) is 1. The summed E-state index contributed by atoms with van der Waals surface area (Å²) in [5.74, 6) is 0.654. The third kappa shape index (κ3) is 5.78. The van der Waals surface area contributed by atoms with Crippen LogP contribution in [0.5, 0.6) is 0 Å². The second-order valence-electron chi connectivity index (χ2n) is 8.90. The molecule has 3 N–H and O–H groups in total. The van der Waals surface area contributed by atoms with E-state index in [4.69, 9.17) is 27.3 Å². The highest BCUT2D eigenvalue weighted by molar-refractivity contribution is 9.10. The molecule has 4 rings (SSSR count). The van der Waals surface area contributed by atoms with Crippen molar-refractivity contribution in [2.75, 3.05) is 31.5 Å². The van der Waals surface area contributed by atoms with E-state index in [-0.39, 0.29) is 16.0 Å². The second-order valence-corrected chi connectivity index (χ2v) is 12.0. The fraction of sp³-hybridized carbons (Fsp3) is 0.391. The summed E-state index contributed by atoms with van der Waals surface area (Å²) in [6.07, 6.45) is 1.27. The molecule has 1 atom stereocenters. The number of primary amides is 1. The van der Waals surface area contributed by atoms with E-state index >= 15 is 0 Å². The highest BCUT2D eigenvalue weighted by atomic mass is 79.9. The molecule has 1 fully saturated rings. The minimum absolute atomic E-state index is 0.0221. The standard InChI is InChI=1S/C23H27BrClN7O3S/c1-14(2)20(22(26)33)30-23-16-5-3-4-6-18(16)28-19(29-23)13-31-7-9-32(10-8-31)36(34,35)15-11-17(24)21(25)27-12-15/h3-6,11-12,14,20H,7-10,13H2,1-2H3,(H2,26,33)(H,28,29,30)/t20-/m0/s1. The Kier molecular flexibility index (Phi) is 8.10. The van der Waals surface area contributed by atoms with Crippen LogP contribution in [0.15, 0.2) is 45.9 Å². The molecule has 0 unspecified atom stereocenters. The quantitative estimate of drug-likeness (QED) is 0.379. The second kappa shape index (κ2) is 10.9. The number of halogens is 2. The molecule has 0 bridgehead atoms. The van der Waals surface area contributed by atoms with Crippen molar-refractivity contribution in [3.8, 4) is 0 Å². The van der Waals surface area contributed by atoms with Crippen LogP contribution in [0.4, 0.5) is 5.82 Å². The predicted molar refractivity (Wildman–Crippen MR) is 142 cm³/mol. The van der Waals surface area contributed by atoms with Crippen LogP contribution in [-0.4, -0.2) is 70.7 Å². The maximum Gasteiger partial charge on any atom is 0.244 e. The van der Waals surface area contributed by atoms with Gasteiger partial charge in [-0.2, -0.15) is 4.31 Å². The number of rotatable bonds is 8. The first-order chi connectivity index (χ1) is 17.1. The molecule has 0 saturated carbocycles. The highest BCUT2D eigenvalue weighted by Gasteiger charge is 2.30. The van der Waals surface area contributed by atoms with Crippen LogP contribution in [0.1, 0.15) is 19.7 Å². The van der Waals surface area contributed by atoms with Gasteiger partial charge in [0, 0.05) is 37.8 Å². The number of carbonyl (C=O) groups is 1. The number of pyridine rings is 1. The summed E-state index contributed by atoms with van der Waals surface area (Å²) >= 11 is 9.14. The minimum Gasteiger partial charge on any atom is -0.368 e. The Morgan fingerprint density at radius 1 is 1.19 bits per heavy atom. The number of para-hydroxylation sites is 1. The molecule has 192 valence electrons. The van der Waals surface area contributed by atoms with Gasteiger partial charge in [0.2, 0.25) is 15.9 Å². The zero-order chi connectivity index (χ0) is 26.0. The van der Waals surface area contributed by atoms with Crippen molar-refractivity contribution in [3.63, 3.8) is 0 Å². The van der Waals surface area contributed by atoms with E-state index in [1.807, 2.05) is 38.1 Å². The lowest BCUT2D eigenvalue weighted by Gasteiger charge is -2.33. The summed E-state index contributed by atoms with van der Waals surface area (Å²) < 4.78 is 28.0. The Labute approximate surface area is 223 Å². The van der Waals surface area contributed by atoms with Crippen LogP contribution in [0, 0.1) is 5.92 Å². The fourth-order valence-electron chi connectivity index (χ4n) is 4.04. The van der Waals surface area contributed by atoms with E-state index in [1.54, 1.807) is 0 Å². The monoisotopic (exact) mass is 595 g/mol. The fourth-order valence-corrected chi connectivity index (χ4v) is 6.04. The largest absolute Gasteiger partial charge is 0.368 e. The molecule has 0 aliphatic carbocycles. The Morgan fingerprint density at radius 3 is 2.53 bits per heavy atom. The topological polar surface area (TPSA) is 134 Å². The Balaban J connectivity index is 1.50. The number of carbonyl (C=O) groups excluding carboxylic acids is 1. The third-order valence-electron chi connectivity index (χ3n) is 6.02. The minimum atomic E-state index is -3.69. The zero-order valence-corrected chi connectivity index (χ0v) is 23.0. The first-order valence-electron chi connectivity index (χ1n) is 11.4. The number of benzene rings is 1. The van der Waals surface area contributed by atoms with Crippen LogP contribution >= 0.6 is 27.5 Å². The van der Waals surface area contributed by atoms with Crippen molar-refractivity contribution in [2.45, 2.75) is 31.3 Å². The molecule has 0 spiro atoms. The molecule has 1 aliphatic heterocycles. The molecule has 0 radical (unpaired) electrons. The Morgan fingerprint density at radius 2 is 1.89 bits per heavy atom. The predicted octanol–water partition coefficient (Wildman–Crippen LogP) is 2.87. The molecule has 1 saturated heterocycles. The number of fused-ring (bicyclic) bond motifs is 1. The third-order valence-corrected chi connectivity index (χ3v) is 9.02. The Bertz CT molecular complexity index is 1380. The number of anilines is 1. The smallest absolute Gasteiger partial charge is 0.244 e. The first kappa shape index (κ1) is 26.7. The molecule has 10 nitrogen and oxygen atoms in total. The van der Waals surface area contributed by atoms with Crippen molar-refractivity contribution in [1.82, 2.24) is 24.2 Å². The lowest BCUT2D eigenvalue weighted by molar-refractivity contribution is -0.119. The summed E-state index contributed by atoms with van der Waals surface area (Å²) in [6.45, 7) is 5.92. The number of amides is 1. The van der Waals surface area contributed by atoms with Crippen LogP contribution < -0.4 is 11.1 Å². The van der Waals surface area contributed by atoms with Crippen LogP contribution in [0.25, 0.3) is 10.9 Å². The van der Waals surface area contributed by atoms with E-state index in [2.05, 4.69) is 31.1 Å². The lowest BCUT2D eigenvalue weighted by Crippen LogP contribution is -2.48. The molecular formula is C23H27BrClN7O3S. The van der Waals surface area contributed by atoms with Gasteiger partial charge in [-0.25, -0.2) is 23.4 Å². The molecule has 3 heterocycles. The van der Waals surface area contributed by atoms with Gasteiger partial charge in [-0.05, 0) is 40.0 Å². The van der Waals surface area contributed by atoms with Gasteiger partial charge >= 0.3 is 0 Å². The van der Waals surface area contributed by atoms with E-state index < -0.39 is 22.0 Å². The highest BCUT2D eigenvalue weighted by Crippen LogP contribution is 2.26. The molecule has 3 aromatic rings. The van der Waals surface area contributed by atoms with Gasteiger partial charge in [-0.15, -0.1) is 0 Å². The molecule has 36 heavy (non-hydrogen) atoms. The maximum atomic E-state index is 13.1. The van der Waals surface area contributed by atoms with E-state index in [1.165, 1.54) is 16.6 Å². The summed E-state index contributed by atoms with van der Waals surface area (Å²) in [6, 6.07) is 8.46. The molecule has 1 aromatic carbocycles. The van der Waals surface area contributed by atoms with Crippen molar-refractivity contribution in [2.24, 2.45) is 11.7 Å². The van der Waals surface area contributed by atoms with Crippen LogP contribution in [0.2, 0.25) is 5.15 Å². The molecule has 13 heteroatoms. The SMILES string of the molecule is CC(C)[C@H](Nc1nc(CN2CCN(S(=O)(=O)c3cnc(Cl)c(Br)c3)CC2)nc2ccccc12)C(N)=O. The maximum absolute atomic E-state index is 13.1. The average molecular weight is 597 g/mol. The number of nitrogens with zero attached hydrogens (tertiary/aromatic N) is 5. The number of hydrogen-bond acceptors (Lipinski definition) is 8. The average Bonchev–Trinajstić information content (AvgIpc) is 2.84. The van der Waals surface area contributed by atoms with Gasteiger partial charge < -0.3 is 11.1 Å². The van der Waals surface area contributed by atoms with Crippen LogP contribution in [0.3, 0.4) is 0 Å². The number of piperazine rings is 1. The zero-order valence-electron chi connectivity index (χ0n) is 19.9. The van der Waals surface area contributed by atoms with Crippen molar-refractivity contribution in [3.05, 3.63) is 52.0 Å². The van der Waals surface area contributed by atoms with Gasteiger partial charge in [-0.1, -0.05) is 37.6 Å². The van der Waals surface area contributed by atoms with E-state index in [0.29, 0.717) is 48.8 Å². The van der Waals surface area contributed by atoms with Gasteiger partial charge in [0.1, 0.15) is 27.7 Å². The van der Waals surface area contributed by atoms with Gasteiger partial charge in [0.05, 0.1) is 16.5 Å². The lowest BCUT2D eigenvalue weighted by atomic mass is 10.0. The molecule has 2 aromatic heterocycles. The summed E-state index contributed by atoms with van der Waals surface area (Å²) in [7, 11) is -3.69. The Hall–Kier alpha value is -2.38. The van der Waals surface area contributed by atoms with Crippen molar-refractivity contribution >= 4 is 60.2 Å². The number of nitrogens with one attached hydrogen (secondary N) is 1. The van der Waals surface area contributed by atoms with Crippen molar-refractivity contribution in [1.29, 1.82) is 0 Å². The number of aromatic nitrogens is 3. The first-order valence-corrected chi connectivity index (χ1v) is 14.0.